The zero-order chi connectivity index (χ0) is 8.97. The van der Waals surface area contributed by atoms with Crippen molar-refractivity contribution in [2.75, 3.05) is 7.11 Å². The Morgan fingerprint density at radius 3 is 2.58 bits per heavy atom. The first kappa shape index (κ1) is 9.72. The number of Topliss-reactive ketones (excluding diaryl/α,β-unsaturated/α-hetero) is 1. The summed E-state index contributed by atoms with van der Waals surface area (Å²) in [7, 11) is 1.64. The van der Waals surface area contributed by atoms with Gasteiger partial charge in [-0.25, -0.2) is 0 Å². The third-order valence-corrected chi connectivity index (χ3v) is 2.66. The molecule has 0 radical (unpaired) electrons. The van der Waals surface area contributed by atoms with Crippen molar-refractivity contribution in [1.29, 1.82) is 0 Å². The molecule has 1 fully saturated rings. The van der Waals surface area contributed by atoms with Crippen molar-refractivity contribution in [1.82, 2.24) is 0 Å². The standard InChI is InChI=1S/C10H18O2/c1-3-5-9(12-2)10(11)8-6-4-7-8/h8-9H,3-7H2,1-2H3. The molecule has 0 aromatic rings. The molecule has 0 heterocycles. The highest BCUT2D eigenvalue weighted by molar-refractivity contribution is 5.86. The van der Waals surface area contributed by atoms with Crippen LogP contribution in [0.1, 0.15) is 39.0 Å². The van der Waals surface area contributed by atoms with Gasteiger partial charge in [0.05, 0.1) is 0 Å². The Hall–Kier alpha value is -0.370. The lowest BCUT2D eigenvalue weighted by atomic mass is 9.80. The van der Waals surface area contributed by atoms with Crippen molar-refractivity contribution in [2.45, 2.75) is 45.1 Å². The molecule has 2 nitrogen and oxygen atoms in total. The number of hydrogen-bond donors (Lipinski definition) is 0. The van der Waals surface area contributed by atoms with Gasteiger partial charge in [0.25, 0.3) is 0 Å². The molecule has 0 aromatic carbocycles. The average molecular weight is 170 g/mol. The highest BCUT2D eigenvalue weighted by Gasteiger charge is 2.30. The summed E-state index contributed by atoms with van der Waals surface area (Å²) in [6.45, 7) is 2.08. The first-order chi connectivity index (χ1) is 5.79. The molecule has 0 bridgehead atoms. The Labute approximate surface area is 74.3 Å². The van der Waals surface area contributed by atoms with E-state index in [0.717, 1.165) is 25.7 Å². The molecule has 1 aliphatic carbocycles. The molecular formula is C10H18O2. The molecule has 1 atom stereocenters. The van der Waals surface area contributed by atoms with Crippen LogP contribution in [0.15, 0.2) is 0 Å². The van der Waals surface area contributed by atoms with Crippen molar-refractivity contribution in [2.24, 2.45) is 5.92 Å². The van der Waals surface area contributed by atoms with Crippen LogP contribution in [0.25, 0.3) is 0 Å². The smallest absolute Gasteiger partial charge is 0.164 e. The molecule has 0 spiro atoms. The number of carbonyl (C=O) groups is 1. The molecule has 0 aliphatic heterocycles. The van der Waals surface area contributed by atoms with Gasteiger partial charge < -0.3 is 4.74 Å². The summed E-state index contributed by atoms with van der Waals surface area (Å²) in [4.78, 5) is 11.6. The van der Waals surface area contributed by atoms with E-state index in [0.29, 0.717) is 11.7 Å². The van der Waals surface area contributed by atoms with E-state index < -0.39 is 0 Å². The lowest BCUT2D eigenvalue weighted by Crippen LogP contribution is -2.33. The quantitative estimate of drug-likeness (QED) is 0.632. The molecule has 12 heavy (non-hydrogen) atoms. The van der Waals surface area contributed by atoms with Gasteiger partial charge in [-0.3, -0.25) is 4.79 Å². The van der Waals surface area contributed by atoms with Crippen molar-refractivity contribution in [3.8, 4) is 0 Å². The Morgan fingerprint density at radius 1 is 1.58 bits per heavy atom. The fraction of sp³-hybridized carbons (Fsp3) is 0.900. The Kier molecular flexibility index (Phi) is 3.73. The van der Waals surface area contributed by atoms with Gasteiger partial charge in [-0.05, 0) is 19.3 Å². The number of hydrogen-bond acceptors (Lipinski definition) is 2. The highest BCUT2D eigenvalue weighted by Crippen LogP contribution is 2.29. The summed E-state index contributed by atoms with van der Waals surface area (Å²) in [6.07, 6.45) is 5.17. The van der Waals surface area contributed by atoms with Gasteiger partial charge in [-0.2, -0.15) is 0 Å². The second-order valence-corrected chi connectivity index (χ2v) is 3.54. The lowest BCUT2D eigenvalue weighted by Gasteiger charge is -2.27. The maximum atomic E-state index is 11.6. The highest BCUT2D eigenvalue weighted by atomic mass is 16.5. The van der Waals surface area contributed by atoms with Gasteiger partial charge >= 0.3 is 0 Å². The van der Waals surface area contributed by atoms with Gasteiger partial charge in [0.1, 0.15) is 6.10 Å². The van der Waals surface area contributed by atoms with Crippen molar-refractivity contribution in [3.05, 3.63) is 0 Å². The maximum Gasteiger partial charge on any atom is 0.164 e. The molecule has 1 aliphatic rings. The van der Waals surface area contributed by atoms with Gasteiger partial charge in [0.15, 0.2) is 5.78 Å². The van der Waals surface area contributed by atoms with Crippen LogP contribution in [-0.4, -0.2) is 19.0 Å². The number of rotatable bonds is 5. The Morgan fingerprint density at radius 2 is 2.25 bits per heavy atom. The summed E-state index contributed by atoms with van der Waals surface area (Å²) in [5.41, 5.74) is 0. The topological polar surface area (TPSA) is 26.3 Å². The lowest BCUT2D eigenvalue weighted by molar-refractivity contribution is -0.135. The molecule has 1 saturated carbocycles. The normalized spacial score (nSPS) is 20.2. The number of carbonyl (C=O) groups excluding carboxylic acids is 1. The van der Waals surface area contributed by atoms with Gasteiger partial charge in [0.2, 0.25) is 0 Å². The van der Waals surface area contributed by atoms with Crippen LogP contribution >= 0.6 is 0 Å². The van der Waals surface area contributed by atoms with E-state index in [1.54, 1.807) is 7.11 Å². The van der Waals surface area contributed by atoms with Crippen molar-refractivity contribution >= 4 is 5.78 Å². The number of ketones is 1. The van der Waals surface area contributed by atoms with Crippen LogP contribution in [0.5, 0.6) is 0 Å². The van der Waals surface area contributed by atoms with Gasteiger partial charge in [0, 0.05) is 13.0 Å². The van der Waals surface area contributed by atoms with E-state index in [9.17, 15) is 4.79 Å². The molecule has 70 valence electrons. The predicted octanol–water partition coefficient (Wildman–Crippen LogP) is 2.17. The summed E-state index contributed by atoms with van der Waals surface area (Å²) in [6, 6.07) is 0. The Balaban J connectivity index is 2.35. The third-order valence-electron chi connectivity index (χ3n) is 2.66. The van der Waals surface area contributed by atoms with E-state index in [1.807, 2.05) is 0 Å². The molecule has 0 aromatic heterocycles. The van der Waals surface area contributed by atoms with Crippen LogP contribution in [0.4, 0.5) is 0 Å². The van der Waals surface area contributed by atoms with Gasteiger partial charge in [-0.15, -0.1) is 0 Å². The fourth-order valence-electron chi connectivity index (χ4n) is 1.59. The largest absolute Gasteiger partial charge is 0.374 e. The molecule has 1 rings (SSSR count). The van der Waals surface area contributed by atoms with E-state index in [1.165, 1.54) is 6.42 Å². The van der Waals surface area contributed by atoms with E-state index >= 15 is 0 Å². The fourth-order valence-corrected chi connectivity index (χ4v) is 1.59. The summed E-state index contributed by atoms with van der Waals surface area (Å²) in [5, 5.41) is 0. The zero-order valence-corrected chi connectivity index (χ0v) is 8.01. The molecule has 0 amide bonds. The summed E-state index contributed by atoms with van der Waals surface area (Å²) < 4.78 is 5.16. The zero-order valence-electron chi connectivity index (χ0n) is 8.01. The molecule has 0 N–H and O–H groups in total. The number of methoxy groups -OCH3 is 1. The maximum absolute atomic E-state index is 11.6. The predicted molar refractivity (Wildman–Crippen MR) is 48.1 cm³/mol. The molecule has 2 heteroatoms. The van der Waals surface area contributed by atoms with Gasteiger partial charge in [-0.1, -0.05) is 19.8 Å². The third kappa shape index (κ3) is 2.07. The molecule has 1 unspecified atom stereocenters. The van der Waals surface area contributed by atoms with Crippen molar-refractivity contribution < 1.29 is 9.53 Å². The second kappa shape index (κ2) is 4.61. The second-order valence-electron chi connectivity index (χ2n) is 3.54. The van der Waals surface area contributed by atoms with Crippen LogP contribution in [0.3, 0.4) is 0 Å². The van der Waals surface area contributed by atoms with E-state index in [4.69, 9.17) is 4.74 Å². The van der Waals surface area contributed by atoms with E-state index in [2.05, 4.69) is 6.92 Å². The first-order valence-electron chi connectivity index (χ1n) is 4.86. The number of ether oxygens (including phenoxy) is 1. The summed E-state index contributed by atoms with van der Waals surface area (Å²) in [5.74, 6) is 0.659. The van der Waals surface area contributed by atoms with Crippen LogP contribution in [0.2, 0.25) is 0 Å². The first-order valence-corrected chi connectivity index (χ1v) is 4.86. The van der Waals surface area contributed by atoms with Crippen LogP contribution in [-0.2, 0) is 9.53 Å². The minimum Gasteiger partial charge on any atom is -0.374 e. The van der Waals surface area contributed by atoms with Crippen LogP contribution in [0, 0.1) is 5.92 Å². The minimum absolute atomic E-state index is 0.125. The monoisotopic (exact) mass is 170 g/mol. The molecule has 0 saturated heterocycles. The van der Waals surface area contributed by atoms with Crippen molar-refractivity contribution in [3.63, 3.8) is 0 Å². The summed E-state index contributed by atoms with van der Waals surface area (Å²) >= 11 is 0. The minimum atomic E-state index is -0.125. The average Bonchev–Trinajstić information content (AvgIpc) is 1.96. The van der Waals surface area contributed by atoms with Crippen LogP contribution < -0.4 is 0 Å². The van der Waals surface area contributed by atoms with E-state index in [-0.39, 0.29) is 6.10 Å². The SMILES string of the molecule is CCCC(OC)C(=O)C1CCC1. The Bertz CT molecular complexity index is 150. The molecular weight excluding hydrogens is 152 g/mol.